The standard InChI is InChI=1S/C26H27F3O/c1-3-5-6-7-18-8-10-19(11-9-18)20-12-14-21(15-13-20)22-16-17-23(30-4-2)25(27)24(22)26(28)29/h8-17,26H,3-7H2,1-2H3. The molecule has 0 saturated carbocycles. The van der Waals surface area contributed by atoms with E-state index in [9.17, 15) is 13.2 Å². The van der Waals surface area contributed by atoms with Gasteiger partial charge in [-0.05, 0) is 59.7 Å². The molecule has 0 aromatic heterocycles. The second kappa shape index (κ2) is 10.3. The fourth-order valence-corrected chi connectivity index (χ4v) is 3.59. The highest BCUT2D eigenvalue weighted by Crippen LogP contribution is 2.37. The van der Waals surface area contributed by atoms with E-state index in [0.29, 0.717) is 5.56 Å². The molecule has 0 aliphatic heterocycles. The van der Waals surface area contributed by atoms with Gasteiger partial charge in [-0.25, -0.2) is 13.2 Å². The number of aryl methyl sites for hydroxylation is 1. The minimum absolute atomic E-state index is 0.146. The first-order valence-electron chi connectivity index (χ1n) is 10.5. The summed E-state index contributed by atoms with van der Waals surface area (Å²) in [6.45, 7) is 4.09. The van der Waals surface area contributed by atoms with E-state index in [1.807, 2.05) is 12.1 Å². The van der Waals surface area contributed by atoms with Gasteiger partial charge < -0.3 is 4.74 Å². The van der Waals surface area contributed by atoms with Gasteiger partial charge in [0.05, 0.1) is 12.2 Å². The van der Waals surface area contributed by atoms with Gasteiger partial charge in [-0.1, -0.05) is 68.3 Å². The summed E-state index contributed by atoms with van der Waals surface area (Å²) in [5.74, 6) is -1.14. The zero-order valence-electron chi connectivity index (χ0n) is 17.4. The van der Waals surface area contributed by atoms with Crippen LogP contribution in [0, 0.1) is 5.82 Å². The predicted molar refractivity (Wildman–Crippen MR) is 117 cm³/mol. The van der Waals surface area contributed by atoms with Crippen molar-refractivity contribution >= 4 is 0 Å². The van der Waals surface area contributed by atoms with Crippen molar-refractivity contribution in [3.05, 3.63) is 77.6 Å². The fourth-order valence-electron chi connectivity index (χ4n) is 3.59. The van der Waals surface area contributed by atoms with E-state index >= 15 is 0 Å². The number of halogens is 3. The Balaban J connectivity index is 1.84. The van der Waals surface area contributed by atoms with Gasteiger partial charge in [0.2, 0.25) is 0 Å². The lowest BCUT2D eigenvalue weighted by Crippen LogP contribution is -2.01. The number of alkyl halides is 2. The highest BCUT2D eigenvalue weighted by Gasteiger charge is 2.23. The Morgan fingerprint density at radius 1 is 0.767 bits per heavy atom. The first-order valence-corrected chi connectivity index (χ1v) is 10.5. The maximum Gasteiger partial charge on any atom is 0.267 e. The van der Waals surface area contributed by atoms with Crippen LogP contribution in [-0.2, 0) is 6.42 Å². The van der Waals surface area contributed by atoms with Crippen molar-refractivity contribution < 1.29 is 17.9 Å². The molecule has 0 atom stereocenters. The van der Waals surface area contributed by atoms with Crippen LogP contribution < -0.4 is 4.74 Å². The van der Waals surface area contributed by atoms with Gasteiger partial charge in [0.15, 0.2) is 11.6 Å². The summed E-state index contributed by atoms with van der Waals surface area (Å²) >= 11 is 0. The molecular formula is C26H27F3O. The number of hydrogen-bond donors (Lipinski definition) is 0. The molecule has 0 spiro atoms. The Bertz CT molecular complexity index is 947. The predicted octanol–water partition coefficient (Wildman–Crippen LogP) is 8.23. The van der Waals surface area contributed by atoms with E-state index in [0.717, 1.165) is 17.5 Å². The lowest BCUT2D eigenvalue weighted by Gasteiger charge is -2.14. The molecule has 0 fully saturated rings. The molecule has 0 saturated heterocycles. The van der Waals surface area contributed by atoms with Crippen LogP contribution in [0.2, 0.25) is 0 Å². The van der Waals surface area contributed by atoms with Gasteiger partial charge in [0.1, 0.15) is 0 Å². The van der Waals surface area contributed by atoms with Crippen molar-refractivity contribution in [3.63, 3.8) is 0 Å². The fraction of sp³-hybridized carbons (Fsp3) is 0.308. The molecule has 0 bridgehead atoms. The van der Waals surface area contributed by atoms with Crippen LogP contribution in [-0.4, -0.2) is 6.61 Å². The lowest BCUT2D eigenvalue weighted by atomic mass is 9.96. The molecule has 158 valence electrons. The van der Waals surface area contributed by atoms with E-state index in [1.54, 1.807) is 19.1 Å². The molecule has 4 heteroatoms. The van der Waals surface area contributed by atoms with Crippen LogP contribution >= 0.6 is 0 Å². The minimum atomic E-state index is -2.93. The zero-order valence-corrected chi connectivity index (χ0v) is 17.4. The molecule has 0 unspecified atom stereocenters. The normalized spacial score (nSPS) is 11.1. The number of ether oxygens (including phenoxy) is 1. The van der Waals surface area contributed by atoms with Crippen LogP contribution in [0.25, 0.3) is 22.3 Å². The van der Waals surface area contributed by atoms with E-state index in [2.05, 4.69) is 31.2 Å². The van der Waals surface area contributed by atoms with Crippen molar-refractivity contribution in [1.29, 1.82) is 0 Å². The van der Waals surface area contributed by atoms with Crippen LogP contribution in [0.3, 0.4) is 0 Å². The summed E-state index contributed by atoms with van der Waals surface area (Å²) in [7, 11) is 0. The monoisotopic (exact) mass is 412 g/mol. The van der Waals surface area contributed by atoms with Crippen molar-refractivity contribution in [3.8, 4) is 28.0 Å². The highest BCUT2D eigenvalue weighted by atomic mass is 19.3. The molecule has 0 aliphatic carbocycles. The van der Waals surface area contributed by atoms with E-state index in [1.165, 1.54) is 37.0 Å². The first-order chi connectivity index (χ1) is 14.5. The number of unbranched alkanes of at least 4 members (excludes halogenated alkanes) is 2. The Labute approximate surface area is 176 Å². The molecule has 0 heterocycles. The first kappa shape index (κ1) is 21.9. The Morgan fingerprint density at radius 2 is 1.37 bits per heavy atom. The largest absolute Gasteiger partial charge is 0.491 e. The third-order valence-corrected chi connectivity index (χ3v) is 5.21. The van der Waals surface area contributed by atoms with Gasteiger partial charge in [-0.15, -0.1) is 0 Å². The topological polar surface area (TPSA) is 9.23 Å². The molecular weight excluding hydrogens is 385 g/mol. The molecule has 3 rings (SSSR count). The summed E-state index contributed by atoms with van der Waals surface area (Å²) in [4.78, 5) is 0. The number of rotatable bonds is 9. The molecule has 3 aromatic carbocycles. The third-order valence-electron chi connectivity index (χ3n) is 5.21. The third kappa shape index (κ3) is 5.05. The van der Waals surface area contributed by atoms with Crippen molar-refractivity contribution in [1.82, 2.24) is 0 Å². The Morgan fingerprint density at radius 3 is 1.93 bits per heavy atom. The molecule has 0 amide bonds. The summed E-state index contributed by atoms with van der Waals surface area (Å²) in [6, 6.07) is 18.6. The maximum absolute atomic E-state index is 14.5. The molecule has 0 N–H and O–H groups in total. The molecule has 0 radical (unpaired) electrons. The van der Waals surface area contributed by atoms with Crippen LogP contribution in [0.5, 0.6) is 5.75 Å². The highest BCUT2D eigenvalue weighted by molar-refractivity contribution is 5.73. The number of benzene rings is 3. The summed E-state index contributed by atoms with van der Waals surface area (Å²) in [5.41, 5.74) is 3.48. The molecule has 3 aromatic rings. The average Bonchev–Trinajstić information content (AvgIpc) is 2.76. The molecule has 0 aliphatic rings. The van der Waals surface area contributed by atoms with Gasteiger partial charge in [0.25, 0.3) is 6.43 Å². The Kier molecular flexibility index (Phi) is 7.56. The lowest BCUT2D eigenvalue weighted by molar-refractivity contribution is 0.145. The van der Waals surface area contributed by atoms with Crippen molar-refractivity contribution in [2.24, 2.45) is 0 Å². The van der Waals surface area contributed by atoms with E-state index in [4.69, 9.17) is 4.74 Å². The summed E-state index contributed by atoms with van der Waals surface area (Å²) < 4.78 is 46.9. The SMILES string of the molecule is CCCCCc1ccc(-c2ccc(-c3ccc(OCC)c(F)c3C(F)F)cc2)cc1. The minimum Gasteiger partial charge on any atom is -0.491 e. The second-order valence-corrected chi connectivity index (χ2v) is 7.30. The maximum atomic E-state index is 14.5. The van der Waals surface area contributed by atoms with Crippen molar-refractivity contribution in [2.45, 2.75) is 46.0 Å². The van der Waals surface area contributed by atoms with E-state index < -0.39 is 17.8 Å². The van der Waals surface area contributed by atoms with Crippen LogP contribution in [0.15, 0.2) is 60.7 Å². The smallest absolute Gasteiger partial charge is 0.267 e. The summed E-state index contributed by atoms with van der Waals surface area (Å²) in [5, 5.41) is 0. The van der Waals surface area contributed by atoms with Gasteiger partial charge in [-0.2, -0.15) is 0 Å². The summed E-state index contributed by atoms with van der Waals surface area (Å²) in [6.07, 6.45) is 1.77. The molecule has 30 heavy (non-hydrogen) atoms. The van der Waals surface area contributed by atoms with Crippen LogP contribution in [0.4, 0.5) is 13.2 Å². The van der Waals surface area contributed by atoms with Crippen LogP contribution in [0.1, 0.15) is 50.7 Å². The Hall–Kier alpha value is -2.75. The van der Waals surface area contributed by atoms with Gasteiger partial charge in [-0.3, -0.25) is 0 Å². The van der Waals surface area contributed by atoms with Crippen molar-refractivity contribution in [2.75, 3.05) is 6.61 Å². The second-order valence-electron chi connectivity index (χ2n) is 7.30. The van der Waals surface area contributed by atoms with Gasteiger partial charge in [0, 0.05) is 0 Å². The van der Waals surface area contributed by atoms with Gasteiger partial charge >= 0.3 is 0 Å². The zero-order chi connectivity index (χ0) is 21.5. The molecule has 1 nitrogen and oxygen atoms in total. The average molecular weight is 412 g/mol. The van der Waals surface area contributed by atoms with E-state index in [-0.39, 0.29) is 17.9 Å². The quantitative estimate of drug-likeness (QED) is 0.322. The number of hydrogen-bond acceptors (Lipinski definition) is 1.